The zero-order valence-electron chi connectivity index (χ0n) is 14.1. The molecule has 2 rings (SSSR count). The lowest BCUT2D eigenvalue weighted by Gasteiger charge is -2.19. The van der Waals surface area contributed by atoms with Crippen LogP contribution in [0.15, 0.2) is 29.4 Å². The first kappa shape index (κ1) is 17.0. The number of rotatable bonds is 6. The molecule has 0 saturated heterocycles. The van der Waals surface area contributed by atoms with Crippen molar-refractivity contribution in [3.63, 3.8) is 0 Å². The van der Waals surface area contributed by atoms with Gasteiger partial charge in [-0.15, -0.1) is 10.2 Å². The molecular weight excluding hydrogens is 294 g/mol. The summed E-state index contributed by atoms with van der Waals surface area (Å²) in [5, 5.41) is 9.63. The van der Waals surface area contributed by atoms with Gasteiger partial charge in [-0.2, -0.15) is 0 Å². The summed E-state index contributed by atoms with van der Waals surface area (Å²) in [5.74, 6) is 0.931. The Hall–Kier alpha value is -1.33. The molecule has 0 fully saturated rings. The minimum Gasteiger partial charge on any atom is -0.385 e. The summed E-state index contributed by atoms with van der Waals surface area (Å²) >= 11 is 1.62. The fourth-order valence-corrected chi connectivity index (χ4v) is 2.86. The van der Waals surface area contributed by atoms with Crippen LogP contribution in [-0.2, 0) is 16.7 Å². The summed E-state index contributed by atoms with van der Waals surface area (Å²) in [6, 6.07) is 8.65. The van der Waals surface area contributed by atoms with Crippen molar-refractivity contribution >= 4 is 11.8 Å². The SMILES string of the molecule is COCCCn1c(SC)nnc1-c1ccc(C(C)(C)C)cc1. The van der Waals surface area contributed by atoms with Gasteiger partial charge < -0.3 is 9.30 Å². The van der Waals surface area contributed by atoms with Gasteiger partial charge >= 0.3 is 0 Å². The van der Waals surface area contributed by atoms with Crippen LogP contribution < -0.4 is 0 Å². The Labute approximate surface area is 137 Å². The van der Waals surface area contributed by atoms with E-state index in [1.807, 2.05) is 6.26 Å². The van der Waals surface area contributed by atoms with Crippen molar-refractivity contribution in [3.05, 3.63) is 29.8 Å². The van der Waals surface area contributed by atoms with Crippen molar-refractivity contribution in [2.45, 2.75) is 44.3 Å². The van der Waals surface area contributed by atoms with Crippen LogP contribution in [0.3, 0.4) is 0 Å². The molecule has 0 radical (unpaired) electrons. The molecule has 1 aromatic carbocycles. The average Bonchev–Trinajstić information content (AvgIpc) is 2.90. The third-order valence-corrected chi connectivity index (χ3v) is 4.31. The molecule has 0 atom stereocenters. The number of thioether (sulfide) groups is 1. The average molecular weight is 319 g/mol. The van der Waals surface area contributed by atoms with Gasteiger partial charge in [0.1, 0.15) is 0 Å². The van der Waals surface area contributed by atoms with Gasteiger partial charge in [0.05, 0.1) is 0 Å². The van der Waals surface area contributed by atoms with Crippen molar-refractivity contribution in [2.24, 2.45) is 0 Å². The quantitative estimate of drug-likeness (QED) is 0.596. The molecule has 0 N–H and O–H groups in total. The van der Waals surface area contributed by atoms with Crippen LogP contribution in [-0.4, -0.2) is 34.7 Å². The predicted octanol–water partition coefficient (Wildman–Crippen LogP) is 4.00. The second-order valence-electron chi connectivity index (χ2n) is 6.34. The topological polar surface area (TPSA) is 39.9 Å². The van der Waals surface area contributed by atoms with Gasteiger partial charge in [-0.25, -0.2) is 0 Å². The fraction of sp³-hybridized carbons (Fsp3) is 0.529. The van der Waals surface area contributed by atoms with Crippen molar-refractivity contribution in [1.82, 2.24) is 14.8 Å². The van der Waals surface area contributed by atoms with E-state index in [1.165, 1.54) is 5.56 Å². The Kier molecular flexibility index (Phi) is 5.64. The number of benzene rings is 1. The Morgan fingerprint density at radius 2 is 1.82 bits per heavy atom. The molecule has 0 bridgehead atoms. The molecule has 1 aromatic heterocycles. The first-order valence-electron chi connectivity index (χ1n) is 7.54. The van der Waals surface area contributed by atoms with Crippen LogP contribution in [0.2, 0.25) is 0 Å². The number of aromatic nitrogens is 3. The number of hydrogen-bond acceptors (Lipinski definition) is 4. The van der Waals surface area contributed by atoms with Crippen LogP contribution in [0.1, 0.15) is 32.8 Å². The van der Waals surface area contributed by atoms with E-state index in [2.05, 4.69) is 59.8 Å². The molecule has 0 unspecified atom stereocenters. The summed E-state index contributed by atoms with van der Waals surface area (Å²) in [7, 11) is 1.73. The van der Waals surface area contributed by atoms with E-state index in [4.69, 9.17) is 4.74 Å². The molecule has 0 saturated carbocycles. The van der Waals surface area contributed by atoms with Gasteiger partial charge in [0.2, 0.25) is 0 Å². The minimum atomic E-state index is 0.162. The van der Waals surface area contributed by atoms with E-state index in [0.29, 0.717) is 0 Å². The lowest BCUT2D eigenvalue weighted by atomic mass is 9.87. The first-order chi connectivity index (χ1) is 10.5. The highest BCUT2D eigenvalue weighted by molar-refractivity contribution is 7.98. The summed E-state index contributed by atoms with van der Waals surface area (Å²) < 4.78 is 7.33. The first-order valence-corrected chi connectivity index (χ1v) is 8.77. The Morgan fingerprint density at radius 3 is 2.36 bits per heavy atom. The molecule has 2 aromatic rings. The van der Waals surface area contributed by atoms with Crippen molar-refractivity contribution < 1.29 is 4.74 Å². The number of nitrogens with zero attached hydrogens (tertiary/aromatic N) is 3. The van der Waals surface area contributed by atoms with Gasteiger partial charge in [-0.1, -0.05) is 56.8 Å². The van der Waals surface area contributed by atoms with E-state index < -0.39 is 0 Å². The molecule has 0 aliphatic rings. The summed E-state index contributed by atoms with van der Waals surface area (Å²) in [6.45, 7) is 8.28. The van der Waals surface area contributed by atoms with Gasteiger partial charge in [0.25, 0.3) is 0 Å². The van der Waals surface area contributed by atoms with Crippen LogP contribution >= 0.6 is 11.8 Å². The zero-order valence-corrected chi connectivity index (χ0v) is 14.9. The third kappa shape index (κ3) is 3.90. The maximum absolute atomic E-state index is 5.15. The summed E-state index contributed by atoms with van der Waals surface area (Å²) in [4.78, 5) is 0. The fourth-order valence-electron chi connectivity index (χ4n) is 2.34. The minimum absolute atomic E-state index is 0.162. The predicted molar refractivity (Wildman–Crippen MR) is 92.4 cm³/mol. The molecule has 0 amide bonds. The second-order valence-corrected chi connectivity index (χ2v) is 7.11. The van der Waals surface area contributed by atoms with Crippen molar-refractivity contribution in [3.8, 4) is 11.4 Å². The van der Waals surface area contributed by atoms with Gasteiger partial charge in [-0.05, 0) is 23.7 Å². The van der Waals surface area contributed by atoms with Crippen LogP contribution in [0, 0.1) is 0 Å². The Balaban J connectivity index is 2.29. The molecule has 4 nitrogen and oxygen atoms in total. The van der Waals surface area contributed by atoms with E-state index in [-0.39, 0.29) is 5.41 Å². The standard InChI is InChI=1S/C17H25N3OS/c1-17(2,3)14-9-7-13(8-10-14)15-18-19-16(22-5)20(15)11-6-12-21-4/h7-10H,6,11-12H2,1-5H3. The molecule has 0 spiro atoms. The van der Waals surface area contributed by atoms with Crippen molar-refractivity contribution in [1.29, 1.82) is 0 Å². The number of ether oxygens (including phenoxy) is 1. The van der Waals surface area contributed by atoms with Crippen LogP contribution in [0.4, 0.5) is 0 Å². The highest BCUT2D eigenvalue weighted by Gasteiger charge is 2.16. The van der Waals surface area contributed by atoms with E-state index in [0.717, 1.165) is 36.1 Å². The highest BCUT2D eigenvalue weighted by atomic mass is 32.2. The molecule has 0 aliphatic heterocycles. The highest BCUT2D eigenvalue weighted by Crippen LogP contribution is 2.27. The number of hydrogen-bond donors (Lipinski definition) is 0. The zero-order chi connectivity index (χ0) is 16.2. The Morgan fingerprint density at radius 1 is 1.14 bits per heavy atom. The third-order valence-electron chi connectivity index (χ3n) is 3.64. The lowest BCUT2D eigenvalue weighted by molar-refractivity contribution is 0.189. The lowest BCUT2D eigenvalue weighted by Crippen LogP contribution is -2.10. The molecule has 5 heteroatoms. The number of methoxy groups -OCH3 is 1. The monoisotopic (exact) mass is 319 g/mol. The van der Waals surface area contributed by atoms with E-state index >= 15 is 0 Å². The second kappa shape index (κ2) is 7.29. The van der Waals surface area contributed by atoms with Crippen molar-refractivity contribution in [2.75, 3.05) is 20.0 Å². The van der Waals surface area contributed by atoms with E-state index in [9.17, 15) is 0 Å². The van der Waals surface area contributed by atoms with Gasteiger partial charge in [0, 0.05) is 25.8 Å². The Bertz CT molecular complexity index is 599. The molecule has 1 heterocycles. The molecule has 120 valence electrons. The van der Waals surface area contributed by atoms with E-state index in [1.54, 1.807) is 18.9 Å². The van der Waals surface area contributed by atoms with Gasteiger partial charge in [0.15, 0.2) is 11.0 Å². The summed E-state index contributed by atoms with van der Waals surface area (Å²) in [6.07, 6.45) is 2.98. The maximum Gasteiger partial charge on any atom is 0.191 e. The maximum atomic E-state index is 5.15. The largest absolute Gasteiger partial charge is 0.385 e. The smallest absolute Gasteiger partial charge is 0.191 e. The molecule has 0 aliphatic carbocycles. The van der Waals surface area contributed by atoms with Crippen LogP contribution in [0.25, 0.3) is 11.4 Å². The van der Waals surface area contributed by atoms with Crippen LogP contribution in [0.5, 0.6) is 0 Å². The van der Waals surface area contributed by atoms with Gasteiger partial charge in [-0.3, -0.25) is 0 Å². The molecule has 22 heavy (non-hydrogen) atoms. The summed E-state index contributed by atoms with van der Waals surface area (Å²) in [5.41, 5.74) is 2.60. The molecular formula is C17H25N3OS. The normalized spacial score (nSPS) is 11.9.